The predicted molar refractivity (Wildman–Crippen MR) is 55.8 cm³/mol. The van der Waals surface area contributed by atoms with Crippen LogP contribution in [0.1, 0.15) is 20.8 Å². The standard InChI is InChI=1S/C10H15Br/c1-6-8(4)10(7(2)3)9(5)11/h6-7H,1,5H2,2-4H3/b10-8-. The summed E-state index contributed by atoms with van der Waals surface area (Å²) in [7, 11) is 0. The highest BCUT2D eigenvalue weighted by molar-refractivity contribution is 9.11. The summed E-state index contributed by atoms with van der Waals surface area (Å²) in [6.07, 6.45) is 1.86. The number of hydrogen-bond donors (Lipinski definition) is 0. The van der Waals surface area contributed by atoms with E-state index in [4.69, 9.17) is 0 Å². The Balaban J connectivity index is 4.87. The highest BCUT2D eigenvalue weighted by Crippen LogP contribution is 2.26. The smallest absolute Gasteiger partial charge is 0.0140 e. The van der Waals surface area contributed by atoms with E-state index in [1.807, 2.05) is 6.08 Å². The van der Waals surface area contributed by atoms with Crippen molar-refractivity contribution in [1.29, 1.82) is 0 Å². The number of hydrogen-bond acceptors (Lipinski definition) is 0. The minimum Gasteiger partial charge on any atom is -0.0988 e. The highest BCUT2D eigenvalue weighted by atomic mass is 79.9. The van der Waals surface area contributed by atoms with Crippen LogP contribution in [0, 0.1) is 5.92 Å². The van der Waals surface area contributed by atoms with Crippen LogP contribution in [0.4, 0.5) is 0 Å². The summed E-state index contributed by atoms with van der Waals surface area (Å²) in [5, 5.41) is 0. The molecule has 0 saturated heterocycles. The summed E-state index contributed by atoms with van der Waals surface area (Å²) >= 11 is 3.38. The van der Waals surface area contributed by atoms with Gasteiger partial charge < -0.3 is 0 Å². The quantitative estimate of drug-likeness (QED) is 0.623. The molecule has 0 aromatic carbocycles. The van der Waals surface area contributed by atoms with Gasteiger partial charge in [0, 0.05) is 4.48 Å². The first-order chi connectivity index (χ1) is 5.00. The molecular weight excluding hydrogens is 200 g/mol. The summed E-state index contributed by atoms with van der Waals surface area (Å²) in [5.41, 5.74) is 2.45. The minimum atomic E-state index is 0.500. The Morgan fingerprint density at radius 1 is 1.45 bits per heavy atom. The maximum absolute atomic E-state index is 3.86. The molecule has 0 nitrogen and oxygen atoms in total. The molecule has 0 aromatic rings. The van der Waals surface area contributed by atoms with Gasteiger partial charge in [-0.25, -0.2) is 0 Å². The van der Waals surface area contributed by atoms with Crippen LogP contribution >= 0.6 is 15.9 Å². The van der Waals surface area contributed by atoms with E-state index in [9.17, 15) is 0 Å². The zero-order chi connectivity index (χ0) is 9.02. The Kier molecular flexibility index (Phi) is 4.43. The van der Waals surface area contributed by atoms with Crippen LogP contribution in [0.2, 0.25) is 0 Å². The molecule has 0 unspecified atom stereocenters. The van der Waals surface area contributed by atoms with Crippen molar-refractivity contribution in [2.75, 3.05) is 0 Å². The molecule has 0 rings (SSSR count). The normalized spacial score (nSPS) is 12.8. The van der Waals surface area contributed by atoms with Crippen molar-refractivity contribution in [3.63, 3.8) is 0 Å². The van der Waals surface area contributed by atoms with Crippen molar-refractivity contribution in [1.82, 2.24) is 0 Å². The lowest BCUT2D eigenvalue weighted by molar-refractivity contribution is 0.782. The van der Waals surface area contributed by atoms with Gasteiger partial charge in [0.2, 0.25) is 0 Å². The van der Waals surface area contributed by atoms with Gasteiger partial charge in [-0.05, 0) is 24.0 Å². The fourth-order valence-electron chi connectivity index (χ4n) is 1.09. The highest BCUT2D eigenvalue weighted by Gasteiger charge is 2.06. The summed E-state index contributed by atoms with van der Waals surface area (Å²) in [6.45, 7) is 13.9. The lowest BCUT2D eigenvalue weighted by Gasteiger charge is -2.12. The molecule has 0 heterocycles. The molecule has 0 saturated carbocycles. The maximum Gasteiger partial charge on any atom is 0.0140 e. The van der Waals surface area contributed by atoms with Crippen LogP contribution in [0.15, 0.2) is 34.9 Å². The van der Waals surface area contributed by atoms with E-state index in [0.717, 1.165) is 4.48 Å². The van der Waals surface area contributed by atoms with Gasteiger partial charge in [-0.3, -0.25) is 0 Å². The number of allylic oxidation sites excluding steroid dienone is 4. The zero-order valence-corrected chi connectivity index (χ0v) is 9.03. The molecular formula is C10H15Br. The molecule has 0 spiro atoms. The van der Waals surface area contributed by atoms with E-state index >= 15 is 0 Å². The van der Waals surface area contributed by atoms with Crippen molar-refractivity contribution >= 4 is 15.9 Å². The first kappa shape index (κ1) is 10.7. The lowest BCUT2D eigenvalue weighted by atomic mass is 9.98. The molecule has 0 aliphatic heterocycles. The van der Waals surface area contributed by atoms with Crippen LogP contribution in [0.25, 0.3) is 0 Å². The largest absolute Gasteiger partial charge is 0.0988 e. The molecule has 0 atom stereocenters. The lowest BCUT2D eigenvalue weighted by Crippen LogP contribution is -1.95. The third-order valence-corrected chi connectivity index (χ3v) is 2.03. The maximum atomic E-state index is 3.86. The first-order valence-corrected chi connectivity index (χ1v) is 4.48. The average molecular weight is 215 g/mol. The summed E-state index contributed by atoms with van der Waals surface area (Å²) in [4.78, 5) is 0. The Morgan fingerprint density at radius 3 is 2.00 bits per heavy atom. The Bertz CT molecular complexity index is 197. The molecule has 62 valence electrons. The Labute approximate surface area is 77.8 Å². The summed E-state index contributed by atoms with van der Waals surface area (Å²) < 4.78 is 0.963. The Morgan fingerprint density at radius 2 is 1.91 bits per heavy atom. The molecule has 0 aliphatic carbocycles. The van der Waals surface area contributed by atoms with Crippen LogP contribution in [-0.2, 0) is 0 Å². The molecule has 0 fully saturated rings. The Hall–Kier alpha value is -0.300. The first-order valence-electron chi connectivity index (χ1n) is 3.68. The molecule has 0 aromatic heterocycles. The van der Waals surface area contributed by atoms with E-state index in [-0.39, 0.29) is 0 Å². The van der Waals surface area contributed by atoms with Crippen LogP contribution in [0.5, 0.6) is 0 Å². The second-order valence-corrected chi connectivity index (χ2v) is 3.82. The third-order valence-electron chi connectivity index (χ3n) is 1.60. The molecule has 1 heteroatoms. The second kappa shape index (κ2) is 4.55. The molecule has 0 N–H and O–H groups in total. The van der Waals surface area contributed by atoms with Gasteiger partial charge in [0.1, 0.15) is 0 Å². The van der Waals surface area contributed by atoms with Crippen LogP contribution < -0.4 is 0 Å². The number of rotatable bonds is 3. The van der Waals surface area contributed by atoms with Gasteiger partial charge in [-0.15, -0.1) is 0 Å². The molecule has 0 bridgehead atoms. The van der Waals surface area contributed by atoms with E-state index in [1.165, 1.54) is 11.1 Å². The minimum absolute atomic E-state index is 0.500. The van der Waals surface area contributed by atoms with E-state index in [2.05, 4.69) is 49.9 Å². The van der Waals surface area contributed by atoms with Crippen molar-refractivity contribution < 1.29 is 0 Å². The van der Waals surface area contributed by atoms with Crippen LogP contribution in [-0.4, -0.2) is 0 Å². The van der Waals surface area contributed by atoms with Crippen molar-refractivity contribution in [3.05, 3.63) is 34.9 Å². The van der Waals surface area contributed by atoms with Gasteiger partial charge in [0.25, 0.3) is 0 Å². The molecule has 0 amide bonds. The zero-order valence-electron chi connectivity index (χ0n) is 7.45. The SMILES string of the molecule is C=C/C(C)=C(\C(=C)Br)C(C)C. The van der Waals surface area contributed by atoms with Gasteiger partial charge in [0.05, 0.1) is 0 Å². The van der Waals surface area contributed by atoms with Gasteiger partial charge >= 0.3 is 0 Å². The predicted octanol–water partition coefficient (Wildman–Crippen LogP) is 4.05. The fraction of sp³-hybridized carbons (Fsp3) is 0.400. The van der Waals surface area contributed by atoms with Gasteiger partial charge in [0.15, 0.2) is 0 Å². The van der Waals surface area contributed by atoms with Gasteiger partial charge in [-0.2, -0.15) is 0 Å². The second-order valence-electron chi connectivity index (χ2n) is 2.86. The monoisotopic (exact) mass is 214 g/mol. The van der Waals surface area contributed by atoms with Gasteiger partial charge in [-0.1, -0.05) is 49.0 Å². The van der Waals surface area contributed by atoms with E-state index in [1.54, 1.807) is 0 Å². The van der Waals surface area contributed by atoms with Crippen molar-refractivity contribution in [2.24, 2.45) is 5.92 Å². The molecule has 0 aliphatic rings. The summed E-state index contributed by atoms with van der Waals surface area (Å²) in [5.74, 6) is 0.500. The third kappa shape index (κ3) is 3.06. The van der Waals surface area contributed by atoms with E-state index < -0.39 is 0 Å². The number of halogens is 1. The average Bonchev–Trinajstić information content (AvgIpc) is 1.85. The molecule has 11 heavy (non-hydrogen) atoms. The van der Waals surface area contributed by atoms with Crippen molar-refractivity contribution in [3.8, 4) is 0 Å². The summed E-state index contributed by atoms with van der Waals surface area (Å²) in [6, 6.07) is 0. The fourth-order valence-corrected chi connectivity index (χ4v) is 1.86. The van der Waals surface area contributed by atoms with Crippen LogP contribution in [0.3, 0.4) is 0 Å². The molecule has 0 radical (unpaired) electrons. The topological polar surface area (TPSA) is 0 Å². The van der Waals surface area contributed by atoms with Crippen molar-refractivity contribution in [2.45, 2.75) is 20.8 Å². The van der Waals surface area contributed by atoms with E-state index in [0.29, 0.717) is 5.92 Å².